The zero-order chi connectivity index (χ0) is 14.6. The average molecular weight is 286 g/mol. The van der Waals surface area contributed by atoms with Crippen LogP contribution in [-0.2, 0) is 21.3 Å². The zero-order valence-corrected chi connectivity index (χ0v) is 12.7. The normalized spacial score (nSPS) is 13.8. The molecule has 0 saturated heterocycles. The van der Waals surface area contributed by atoms with Gasteiger partial charge in [-0.1, -0.05) is 12.1 Å². The summed E-state index contributed by atoms with van der Waals surface area (Å²) in [6.45, 7) is 4.27. The highest BCUT2D eigenvalue weighted by atomic mass is 32.2. The molecule has 0 spiro atoms. The molecule has 108 valence electrons. The minimum Gasteiger partial charge on any atom is -0.383 e. The van der Waals surface area contributed by atoms with Crippen molar-refractivity contribution in [1.82, 2.24) is 4.31 Å². The van der Waals surface area contributed by atoms with E-state index in [1.165, 1.54) is 4.31 Å². The number of hydrogen-bond donors (Lipinski definition) is 1. The molecule has 0 radical (unpaired) electrons. The summed E-state index contributed by atoms with van der Waals surface area (Å²) in [4.78, 5) is 0.306. The average Bonchev–Trinajstić information content (AvgIpc) is 2.38. The van der Waals surface area contributed by atoms with E-state index >= 15 is 0 Å². The predicted molar refractivity (Wildman–Crippen MR) is 75.4 cm³/mol. The van der Waals surface area contributed by atoms with Crippen molar-refractivity contribution in [1.29, 1.82) is 0 Å². The fourth-order valence-corrected chi connectivity index (χ4v) is 3.51. The van der Waals surface area contributed by atoms with Gasteiger partial charge in [-0.15, -0.1) is 0 Å². The number of ether oxygens (including phenoxy) is 1. The molecule has 6 heteroatoms. The first-order valence-electron chi connectivity index (χ1n) is 6.11. The van der Waals surface area contributed by atoms with E-state index in [2.05, 4.69) is 0 Å². The molecule has 1 atom stereocenters. The van der Waals surface area contributed by atoms with Gasteiger partial charge in [0.2, 0.25) is 10.0 Å². The lowest BCUT2D eigenvalue weighted by molar-refractivity contribution is 0.149. The highest BCUT2D eigenvalue weighted by molar-refractivity contribution is 7.89. The third-order valence-electron chi connectivity index (χ3n) is 3.30. The Morgan fingerprint density at radius 1 is 1.42 bits per heavy atom. The van der Waals surface area contributed by atoms with E-state index in [0.29, 0.717) is 23.6 Å². The maximum atomic E-state index is 12.6. The number of benzene rings is 1. The Balaban J connectivity index is 3.20. The zero-order valence-electron chi connectivity index (χ0n) is 11.9. The minimum atomic E-state index is -3.53. The molecule has 1 unspecified atom stereocenters. The van der Waals surface area contributed by atoms with Gasteiger partial charge in [0.1, 0.15) is 0 Å². The highest BCUT2D eigenvalue weighted by Crippen LogP contribution is 2.23. The van der Waals surface area contributed by atoms with Gasteiger partial charge >= 0.3 is 0 Å². The summed E-state index contributed by atoms with van der Waals surface area (Å²) in [5.41, 5.74) is 7.17. The smallest absolute Gasteiger partial charge is 0.243 e. The highest BCUT2D eigenvalue weighted by Gasteiger charge is 2.27. The van der Waals surface area contributed by atoms with E-state index in [1.54, 1.807) is 33.2 Å². The number of sulfonamides is 1. The van der Waals surface area contributed by atoms with Crippen LogP contribution >= 0.6 is 0 Å². The maximum absolute atomic E-state index is 12.6. The van der Waals surface area contributed by atoms with Crippen molar-refractivity contribution >= 4 is 10.0 Å². The van der Waals surface area contributed by atoms with Crippen LogP contribution in [0.15, 0.2) is 23.1 Å². The van der Waals surface area contributed by atoms with Crippen LogP contribution in [0.1, 0.15) is 18.1 Å². The summed E-state index contributed by atoms with van der Waals surface area (Å²) in [5, 5.41) is 0. The van der Waals surface area contributed by atoms with Gasteiger partial charge in [0.15, 0.2) is 0 Å². The molecule has 0 aliphatic rings. The van der Waals surface area contributed by atoms with Crippen molar-refractivity contribution in [3.63, 3.8) is 0 Å². The first kappa shape index (κ1) is 16.1. The van der Waals surface area contributed by atoms with Crippen LogP contribution < -0.4 is 5.73 Å². The molecule has 0 aromatic heterocycles. The largest absolute Gasteiger partial charge is 0.383 e. The van der Waals surface area contributed by atoms with E-state index in [4.69, 9.17) is 10.5 Å². The summed E-state index contributed by atoms with van der Waals surface area (Å²) >= 11 is 0. The minimum absolute atomic E-state index is 0.226. The second kappa shape index (κ2) is 6.47. The molecule has 0 amide bonds. The van der Waals surface area contributed by atoms with E-state index in [-0.39, 0.29) is 6.04 Å². The summed E-state index contributed by atoms with van der Waals surface area (Å²) in [6.07, 6.45) is 0. The molecule has 0 heterocycles. The molecule has 5 nitrogen and oxygen atoms in total. The number of nitrogens with zero attached hydrogens (tertiary/aromatic N) is 1. The lowest BCUT2D eigenvalue weighted by atomic mass is 10.1. The Kier molecular flexibility index (Phi) is 5.49. The van der Waals surface area contributed by atoms with Crippen molar-refractivity contribution in [3.8, 4) is 0 Å². The number of methoxy groups -OCH3 is 1. The van der Waals surface area contributed by atoms with Gasteiger partial charge in [-0.25, -0.2) is 8.42 Å². The van der Waals surface area contributed by atoms with Crippen LogP contribution in [0.4, 0.5) is 0 Å². The van der Waals surface area contributed by atoms with Gasteiger partial charge < -0.3 is 10.5 Å². The lowest BCUT2D eigenvalue weighted by Crippen LogP contribution is -2.38. The predicted octanol–water partition coefficient (Wildman–Crippen LogP) is 1.11. The van der Waals surface area contributed by atoms with Gasteiger partial charge in [0, 0.05) is 26.7 Å². The Labute approximate surface area is 115 Å². The van der Waals surface area contributed by atoms with Gasteiger partial charge in [-0.3, -0.25) is 0 Å². The molecule has 2 N–H and O–H groups in total. The first-order valence-corrected chi connectivity index (χ1v) is 7.55. The Morgan fingerprint density at radius 2 is 2.05 bits per heavy atom. The van der Waals surface area contributed by atoms with Crippen molar-refractivity contribution < 1.29 is 13.2 Å². The number of likely N-dealkylation sites (N-methyl/N-ethyl adjacent to an activating group) is 1. The van der Waals surface area contributed by atoms with Crippen LogP contribution in [0.2, 0.25) is 0 Å². The SMILES string of the molecule is COCC(C)N(C)S(=O)(=O)c1cccc(CN)c1C. The second-order valence-electron chi connectivity index (χ2n) is 4.57. The molecule has 1 aromatic rings. The molecule has 0 fully saturated rings. The van der Waals surface area contributed by atoms with Gasteiger partial charge in [0.05, 0.1) is 11.5 Å². The fraction of sp³-hybridized carbons (Fsp3) is 0.538. The topological polar surface area (TPSA) is 72.6 Å². The van der Waals surface area contributed by atoms with E-state index in [9.17, 15) is 8.42 Å². The van der Waals surface area contributed by atoms with Crippen LogP contribution in [0, 0.1) is 6.92 Å². The van der Waals surface area contributed by atoms with Crippen LogP contribution in [0.25, 0.3) is 0 Å². The summed E-state index contributed by atoms with van der Waals surface area (Å²) in [7, 11) is -0.410. The molecule has 1 aromatic carbocycles. The molecule has 0 saturated carbocycles. The summed E-state index contributed by atoms with van der Waals surface area (Å²) < 4.78 is 31.5. The summed E-state index contributed by atoms with van der Waals surface area (Å²) in [6, 6.07) is 4.94. The Morgan fingerprint density at radius 3 is 2.58 bits per heavy atom. The summed E-state index contributed by atoms with van der Waals surface area (Å²) in [5.74, 6) is 0. The van der Waals surface area contributed by atoms with Crippen molar-refractivity contribution in [3.05, 3.63) is 29.3 Å². The van der Waals surface area contributed by atoms with Crippen LogP contribution in [0.3, 0.4) is 0 Å². The number of rotatable bonds is 6. The van der Waals surface area contributed by atoms with Crippen molar-refractivity contribution in [2.75, 3.05) is 20.8 Å². The van der Waals surface area contributed by atoms with Gasteiger partial charge in [0.25, 0.3) is 0 Å². The maximum Gasteiger partial charge on any atom is 0.243 e. The molecular formula is C13H22N2O3S. The molecule has 0 bridgehead atoms. The number of nitrogens with two attached hydrogens (primary N) is 1. The molecule has 1 rings (SSSR count). The van der Waals surface area contributed by atoms with Gasteiger partial charge in [-0.2, -0.15) is 4.31 Å². The van der Waals surface area contributed by atoms with Crippen molar-refractivity contribution in [2.45, 2.75) is 31.3 Å². The Bertz CT molecular complexity index is 529. The van der Waals surface area contributed by atoms with E-state index in [0.717, 1.165) is 5.56 Å². The molecule has 0 aliphatic carbocycles. The molecule has 19 heavy (non-hydrogen) atoms. The first-order chi connectivity index (χ1) is 8.86. The third-order valence-corrected chi connectivity index (χ3v) is 5.42. The van der Waals surface area contributed by atoms with Crippen molar-refractivity contribution in [2.24, 2.45) is 5.73 Å². The number of hydrogen-bond acceptors (Lipinski definition) is 4. The molecular weight excluding hydrogens is 264 g/mol. The third kappa shape index (κ3) is 3.33. The second-order valence-corrected chi connectivity index (χ2v) is 6.54. The Hall–Kier alpha value is -0.950. The monoisotopic (exact) mass is 286 g/mol. The van der Waals surface area contributed by atoms with Gasteiger partial charge in [-0.05, 0) is 31.0 Å². The fourth-order valence-electron chi connectivity index (χ4n) is 1.90. The molecule has 0 aliphatic heterocycles. The quantitative estimate of drug-likeness (QED) is 0.850. The van der Waals surface area contributed by atoms with Crippen LogP contribution in [-0.4, -0.2) is 39.5 Å². The van der Waals surface area contributed by atoms with Crippen LogP contribution in [0.5, 0.6) is 0 Å². The standard InChI is InChI=1S/C13H22N2O3S/c1-10(9-18-4)15(3)19(16,17)13-7-5-6-12(8-14)11(13)2/h5-7,10H,8-9,14H2,1-4H3. The lowest BCUT2D eigenvalue weighted by Gasteiger charge is -2.25. The van der Waals surface area contributed by atoms with E-state index in [1.807, 2.05) is 13.0 Å². The van der Waals surface area contributed by atoms with E-state index < -0.39 is 10.0 Å².